The molecule has 0 fully saturated rings. The summed E-state index contributed by atoms with van der Waals surface area (Å²) in [5.41, 5.74) is 1.21. The molecule has 104 valence electrons. The van der Waals surface area contributed by atoms with Gasteiger partial charge in [-0.3, -0.25) is 4.79 Å². The van der Waals surface area contributed by atoms with Crippen LogP contribution in [-0.4, -0.2) is 11.4 Å². The number of rotatable bonds is 5. The number of benzene rings is 2. The van der Waals surface area contributed by atoms with Gasteiger partial charge in [-0.05, 0) is 42.2 Å². The first-order valence-electron chi connectivity index (χ1n) is 6.22. The van der Waals surface area contributed by atoms with Crippen molar-refractivity contribution in [3.63, 3.8) is 0 Å². The lowest BCUT2D eigenvalue weighted by atomic mass is 10.2. The average Bonchev–Trinajstić information content (AvgIpc) is 2.47. The van der Waals surface area contributed by atoms with Crippen LogP contribution < -0.4 is 0 Å². The van der Waals surface area contributed by atoms with Crippen LogP contribution in [-0.2, 0) is 10.5 Å². The standard InChI is InChI=1S/C16H16OS3/c1-12(17)19-11-13-5-3-4-6-16(13)20-15-9-7-14(18-2)8-10-15/h3-10H,11H2,1-2H3. The van der Waals surface area contributed by atoms with Crippen LogP contribution in [0, 0.1) is 0 Å². The maximum atomic E-state index is 11.1. The summed E-state index contributed by atoms with van der Waals surface area (Å²) < 4.78 is 0. The van der Waals surface area contributed by atoms with E-state index in [0.29, 0.717) is 0 Å². The minimum atomic E-state index is 0.161. The van der Waals surface area contributed by atoms with E-state index in [-0.39, 0.29) is 5.12 Å². The summed E-state index contributed by atoms with van der Waals surface area (Å²) in [6.45, 7) is 1.61. The molecule has 0 unspecified atom stereocenters. The molecule has 0 aliphatic heterocycles. The van der Waals surface area contributed by atoms with Crippen molar-refractivity contribution in [3.05, 3.63) is 54.1 Å². The van der Waals surface area contributed by atoms with Crippen molar-refractivity contribution >= 4 is 40.4 Å². The van der Waals surface area contributed by atoms with Crippen LogP contribution in [0.15, 0.2) is 63.2 Å². The van der Waals surface area contributed by atoms with E-state index in [9.17, 15) is 4.79 Å². The Morgan fingerprint density at radius 3 is 2.30 bits per heavy atom. The number of hydrogen-bond donors (Lipinski definition) is 0. The summed E-state index contributed by atoms with van der Waals surface area (Å²) in [6, 6.07) is 16.8. The van der Waals surface area contributed by atoms with Crippen LogP contribution in [0.1, 0.15) is 12.5 Å². The molecule has 0 aliphatic carbocycles. The van der Waals surface area contributed by atoms with Gasteiger partial charge in [0, 0.05) is 27.4 Å². The molecule has 0 radical (unpaired) electrons. The average molecular weight is 321 g/mol. The second-order valence-corrected chi connectivity index (χ2v) is 7.31. The first-order valence-corrected chi connectivity index (χ1v) is 9.25. The van der Waals surface area contributed by atoms with Crippen molar-refractivity contribution < 1.29 is 4.79 Å². The third kappa shape index (κ3) is 4.62. The van der Waals surface area contributed by atoms with Crippen LogP contribution in [0.3, 0.4) is 0 Å². The summed E-state index contributed by atoms with van der Waals surface area (Å²) in [7, 11) is 0. The van der Waals surface area contributed by atoms with Crippen LogP contribution in [0.5, 0.6) is 0 Å². The van der Waals surface area contributed by atoms with Gasteiger partial charge < -0.3 is 0 Å². The molecule has 0 heterocycles. The molecular weight excluding hydrogens is 304 g/mol. The fraction of sp³-hybridized carbons (Fsp3) is 0.188. The zero-order chi connectivity index (χ0) is 14.4. The molecule has 0 N–H and O–H groups in total. The quantitative estimate of drug-likeness (QED) is 0.691. The molecule has 2 aromatic rings. The van der Waals surface area contributed by atoms with E-state index in [0.717, 1.165) is 5.75 Å². The van der Waals surface area contributed by atoms with Gasteiger partial charge in [-0.1, -0.05) is 41.7 Å². The Balaban J connectivity index is 2.13. The van der Waals surface area contributed by atoms with Crippen molar-refractivity contribution in [2.75, 3.05) is 6.26 Å². The molecule has 0 aromatic heterocycles. The summed E-state index contributed by atoms with van der Waals surface area (Å²) in [5, 5.41) is 0.161. The molecule has 0 spiro atoms. The number of carbonyl (C=O) groups is 1. The fourth-order valence-electron chi connectivity index (χ4n) is 1.67. The van der Waals surface area contributed by atoms with Crippen LogP contribution in [0.2, 0.25) is 0 Å². The van der Waals surface area contributed by atoms with Gasteiger partial charge in [0.1, 0.15) is 0 Å². The van der Waals surface area contributed by atoms with E-state index in [4.69, 9.17) is 0 Å². The Hall–Kier alpha value is -0.840. The maximum Gasteiger partial charge on any atom is 0.186 e. The predicted octanol–water partition coefficient (Wildman–Crippen LogP) is 5.34. The van der Waals surface area contributed by atoms with Gasteiger partial charge in [0.15, 0.2) is 5.12 Å². The van der Waals surface area contributed by atoms with Crippen molar-refractivity contribution in [1.82, 2.24) is 0 Å². The minimum Gasteiger partial charge on any atom is -0.288 e. The van der Waals surface area contributed by atoms with Crippen LogP contribution in [0.25, 0.3) is 0 Å². The molecule has 0 bridgehead atoms. The number of carbonyl (C=O) groups excluding carboxylic acids is 1. The third-order valence-corrected chi connectivity index (χ3v) is 5.42. The zero-order valence-electron chi connectivity index (χ0n) is 11.5. The molecule has 4 heteroatoms. The highest BCUT2D eigenvalue weighted by atomic mass is 32.2. The smallest absolute Gasteiger partial charge is 0.186 e. The largest absolute Gasteiger partial charge is 0.288 e. The molecule has 0 aliphatic rings. The molecular formula is C16H16OS3. The number of hydrogen-bond acceptors (Lipinski definition) is 4. The summed E-state index contributed by atoms with van der Waals surface area (Å²) >= 11 is 4.86. The highest BCUT2D eigenvalue weighted by Crippen LogP contribution is 2.33. The maximum absolute atomic E-state index is 11.1. The Labute approximate surface area is 132 Å². The Morgan fingerprint density at radius 1 is 1.00 bits per heavy atom. The van der Waals surface area contributed by atoms with Gasteiger partial charge >= 0.3 is 0 Å². The van der Waals surface area contributed by atoms with E-state index in [1.807, 2.05) is 12.1 Å². The van der Waals surface area contributed by atoms with E-state index in [2.05, 4.69) is 42.7 Å². The second-order valence-electron chi connectivity index (χ2n) is 4.17. The number of thioether (sulfide) groups is 2. The molecule has 20 heavy (non-hydrogen) atoms. The second kappa shape index (κ2) is 7.81. The first-order chi connectivity index (χ1) is 9.69. The van der Waals surface area contributed by atoms with Crippen molar-refractivity contribution in [2.24, 2.45) is 0 Å². The molecule has 0 amide bonds. The molecule has 0 saturated heterocycles. The summed E-state index contributed by atoms with van der Waals surface area (Å²) in [5.74, 6) is 0.738. The summed E-state index contributed by atoms with van der Waals surface area (Å²) in [4.78, 5) is 14.8. The monoisotopic (exact) mass is 320 g/mol. The van der Waals surface area contributed by atoms with E-state index >= 15 is 0 Å². The van der Waals surface area contributed by atoms with E-state index in [1.165, 1.54) is 32.0 Å². The van der Waals surface area contributed by atoms with Crippen LogP contribution >= 0.6 is 35.3 Å². The molecule has 2 aromatic carbocycles. The lowest BCUT2D eigenvalue weighted by Crippen LogP contribution is -1.88. The molecule has 2 rings (SSSR count). The van der Waals surface area contributed by atoms with Crippen molar-refractivity contribution in [1.29, 1.82) is 0 Å². The van der Waals surface area contributed by atoms with Gasteiger partial charge in [-0.15, -0.1) is 11.8 Å². The Kier molecular flexibility index (Phi) is 6.07. The summed E-state index contributed by atoms with van der Waals surface area (Å²) in [6.07, 6.45) is 2.08. The van der Waals surface area contributed by atoms with E-state index in [1.54, 1.807) is 30.4 Å². The molecule has 0 saturated carbocycles. The molecule has 1 nitrogen and oxygen atoms in total. The lowest BCUT2D eigenvalue weighted by molar-refractivity contribution is -0.109. The van der Waals surface area contributed by atoms with Gasteiger partial charge in [-0.25, -0.2) is 0 Å². The lowest BCUT2D eigenvalue weighted by Gasteiger charge is -2.08. The van der Waals surface area contributed by atoms with Gasteiger partial charge in [0.2, 0.25) is 0 Å². The fourth-order valence-corrected chi connectivity index (χ4v) is 3.73. The van der Waals surface area contributed by atoms with Crippen molar-refractivity contribution in [2.45, 2.75) is 27.4 Å². The molecule has 0 atom stereocenters. The zero-order valence-corrected chi connectivity index (χ0v) is 13.9. The van der Waals surface area contributed by atoms with Crippen molar-refractivity contribution in [3.8, 4) is 0 Å². The predicted molar refractivity (Wildman–Crippen MR) is 90.8 cm³/mol. The highest BCUT2D eigenvalue weighted by Gasteiger charge is 2.05. The Morgan fingerprint density at radius 2 is 1.65 bits per heavy atom. The first kappa shape index (κ1) is 15.5. The minimum absolute atomic E-state index is 0.161. The van der Waals surface area contributed by atoms with Crippen LogP contribution in [0.4, 0.5) is 0 Å². The normalized spacial score (nSPS) is 10.5. The topological polar surface area (TPSA) is 17.1 Å². The third-order valence-electron chi connectivity index (χ3n) is 2.69. The van der Waals surface area contributed by atoms with Gasteiger partial charge in [0.25, 0.3) is 0 Å². The van der Waals surface area contributed by atoms with E-state index < -0.39 is 0 Å². The highest BCUT2D eigenvalue weighted by molar-refractivity contribution is 8.12. The Bertz CT molecular complexity index is 579. The van der Waals surface area contributed by atoms with Gasteiger partial charge in [-0.2, -0.15) is 0 Å². The SMILES string of the molecule is CSc1ccc(Sc2ccccc2CSC(C)=O)cc1. The van der Waals surface area contributed by atoms with Gasteiger partial charge in [0.05, 0.1) is 0 Å².